The summed E-state index contributed by atoms with van der Waals surface area (Å²) in [4.78, 5) is 35.3. The summed E-state index contributed by atoms with van der Waals surface area (Å²) in [6, 6.07) is 0. The molecule has 0 aromatic rings. The fraction of sp³-hybridized carbons (Fsp3) is 0.610. The molecule has 0 aromatic heterocycles. The Labute approximate surface area is 533 Å². The molecule has 0 spiro atoms. The summed E-state index contributed by atoms with van der Waals surface area (Å²) in [5.41, 5.74) is 5.40. The molecule has 0 radical (unpaired) electrons. The van der Waals surface area contributed by atoms with E-state index in [4.69, 9.17) is 24.3 Å². The van der Waals surface area contributed by atoms with Crippen LogP contribution in [-0.4, -0.2) is 49.3 Å². The largest absolute Gasteiger partial charge is 0.472 e. The predicted octanol–water partition coefficient (Wildman–Crippen LogP) is 23.0. The lowest BCUT2D eigenvalue weighted by Gasteiger charge is -2.19. The third kappa shape index (κ3) is 70.3. The number of phosphoric acid groups is 1. The average Bonchev–Trinajstić information content (AvgIpc) is 3.64. The van der Waals surface area contributed by atoms with Crippen LogP contribution in [0.25, 0.3) is 0 Å². The molecule has 0 aliphatic carbocycles. The first kappa shape index (κ1) is 82.4. The molecule has 0 aliphatic rings. The summed E-state index contributed by atoms with van der Waals surface area (Å²) in [5, 5.41) is 0. The molecule has 87 heavy (non-hydrogen) atoms. The van der Waals surface area contributed by atoms with Gasteiger partial charge in [0.05, 0.1) is 13.2 Å². The number of unbranched alkanes of at least 4 members (excludes halogenated alkanes) is 22. The Balaban J connectivity index is 4.00. The number of rotatable bonds is 63. The lowest BCUT2D eigenvalue weighted by molar-refractivity contribution is -0.161. The third-order valence-electron chi connectivity index (χ3n) is 14.1. The van der Waals surface area contributed by atoms with Gasteiger partial charge in [0, 0.05) is 19.4 Å². The Bertz CT molecular complexity index is 2030. The van der Waals surface area contributed by atoms with Gasteiger partial charge < -0.3 is 20.1 Å². The number of carbonyl (C=O) groups excluding carboxylic acids is 2. The van der Waals surface area contributed by atoms with Gasteiger partial charge in [-0.3, -0.25) is 18.6 Å². The Kier molecular flexibility index (Phi) is 66.7. The molecule has 0 saturated carbocycles. The van der Waals surface area contributed by atoms with E-state index in [1.54, 1.807) is 0 Å². The summed E-state index contributed by atoms with van der Waals surface area (Å²) < 4.78 is 33.1. The van der Waals surface area contributed by atoms with Crippen molar-refractivity contribution in [3.8, 4) is 0 Å². The fourth-order valence-electron chi connectivity index (χ4n) is 9.07. The SMILES string of the molecule is CC/C=C\C/C=C\C/C=C\C/C=C\C/C=C\C/C=C\C/C=C\C/C=C\C/C=C\C/C=C\CCCCC(=O)OC(COC(=O)CCCCCCCCCCCCCCCCCCCCCC/C=C\C/C=C\C/C=C\C/C=C\CC)COP(=O)(O)OCCN. The maximum atomic E-state index is 12.7. The van der Waals surface area contributed by atoms with E-state index in [1.165, 1.54) is 116 Å². The van der Waals surface area contributed by atoms with Gasteiger partial charge in [0.25, 0.3) is 0 Å². The van der Waals surface area contributed by atoms with Gasteiger partial charge in [-0.25, -0.2) is 4.57 Å². The lowest BCUT2D eigenvalue weighted by atomic mass is 10.0. The second kappa shape index (κ2) is 70.5. The van der Waals surface area contributed by atoms with Gasteiger partial charge in [-0.1, -0.05) is 300 Å². The summed E-state index contributed by atoms with van der Waals surface area (Å²) >= 11 is 0. The Morgan fingerprint density at radius 1 is 0.345 bits per heavy atom. The van der Waals surface area contributed by atoms with Crippen LogP contribution in [0.3, 0.4) is 0 Å². The Morgan fingerprint density at radius 2 is 0.598 bits per heavy atom. The normalized spacial score (nSPS) is 14.0. The average molecular weight is 1220 g/mol. The molecule has 0 fully saturated rings. The number of ether oxygens (including phenoxy) is 2. The van der Waals surface area contributed by atoms with Gasteiger partial charge in [-0.15, -0.1) is 0 Å². The molecular formula is C77H126NO8P. The van der Waals surface area contributed by atoms with Crippen molar-refractivity contribution in [1.82, 2.24) is 0 Å². The van der Waals surface area contributed by atoms with Crippen molar-refractivity contribution in [3.05, 3.63) is 170 Å². The van der Waals surface area contributed by atoms with Gasteiger partial charge in [0.15, 0.2) is 6.10 Å². The number of hydrogen-bond acceptors (Lipinski definition) is 8. The maximum absolute atomic E-state index is 12.7. The van der Waals surface area contributed by atoms with Crippen LogP contribution in [0.4, 0.5) is 0 Å². The quantitative estimate of drug-likeness (QED) is 0.0264. The van der Waals surface area contributed by atoms with Crippen LogP contribution in [0.15, 0.2) is 170 Å². The van der Waals surface area contributed by atoms with Crippen LogP contribution in [0, 0.1) is 0 Å². The van der Waals surface area contributed by atoms with Crippen molar-refractivity contribution in [3.63, 3.8) is 0 Å². The zero-order valence-corrected chi connectivity index (χ0v) is 56.1. The van der Waals surface area contributed by atoms with Gasteiger partial charge in [-0.05, 0) is 128 Å². The topological polar surface area (TPSA) is 134 Å². The fourth-order valence-corrected chi connectivity index (χ4v) is 9.83. The van der Waals surface area contributed by atoms with E-state index in [2.05, 4.69) is 184 Å². The second-order valence-corrected chi connectivity index (χ2v) is 23.7. The highest BCUT2D eigenvalue weighted by atomic mass is 31.2. The summed E-state index contributed by atoms with van der Waals surface area (Å²) in [7, 11) is -4.42. The number of phosphoric ester groups is 1. The molecule has 0 aliphatic heterocycles. The summed E-state index contributed by atoms with van der Waals surface area (Å²) in [5.74, 6) is -0.884. The van der Waals surface area contributed by atoms with E-state index in [1.807, 2.05) is 0 Å². The molecule has 492 valence electrons. The van der Waals surface area contributed by atoms with Crippen LogP contribution < -0.4 is 5.73 Å². The van der Waals surface area contributed by atoms with E-state index >= 15 is 0 Å². The molecule has 0 saturated heterocycles. The number of carbonyl (C=O) groups is 2. The molecule has 10 heteroatoms. The molecule has 0 bridgehead atoms. The molecule has 0 rings (SSSR count). The van der Waals surface area contributed by atoms with Crippen LogP contribution in [0.2, 0.25) is 0 Å². The van der Waals surface area contributed by atoms with E-state index in [0.717, 1.165) is 122 Å². The van der Waals surface area contributed by atoms with Gasteiger partial charge >= 0.3 is 19.8 Å². The second-order valence-electron chi connectivity index (χ2n) is 22.3. The zero-order chi connectivity index (χ0) is 63.0. The highest BCUT2D eigenvalue weighted by Gasteiger charge is 2.26. The molecular weight excluding hydrogens is 1100 g/mol. The predicted molar refractivity (Wildman–Crippen MR) is 376 cm³/mol. The van der Waals surface area contributed by atoms with Crippen molar-refractivity contribution in [2.45, 2.75) is 277 Å². The minimum absolute atomic E-state index is 0.0383. The number of hydrogen-bond donors (Lipinski definition) is 2. The van der Waals surface area contributed by atoms with Crippen molar-refractivity contribution >= 4 is 19.8 Å². The van der Waals surface area contributed by atoms with Crippen molar-refractivity contribution < 1.29 is 37.6 Å². The van der Waals surface area contributed by atoms with E-state index in [-0.39, 0.29) is 32.6 Å². The Hall–Kier alpha value is -4.63. The van der Waals surface area contributed by atoms with Crippen molar-refractivity contribution in [2.75, 3.05) is 26.4 Å². The summed E-state index contributed by atoms with van der Waals surface area (Å²) in [6.45, 7) is 3.47. The van der Waals surface area contributed by atoms with Crippen LogP contribution in [0.1, 0.15) is 271 Å². The Morgan fingerprint density at radius 3 is 0.908 bits per heavy atom. The van der Waals surface area contributed by atoms with E-state index in [0.29, 0.717) is 6.42 Å². The molecule has 2 atom stereocenters. The molecule has 2 unspecified atom stereocenters. The standard InChI is InChI=1S/C77H126NO8P/c1-3-5-7-9-11-13-15-17-19-21-23-25-27-29-31-33-35-37-39-41-43-45-47-49-51-53-55-57-59-61-63-65-67-69-76(79)83-73-75(74-85-87(81,82)84-72-71-78)86-77(80)70-68-66-64-62-60-58-56-54-52-50-48-46-44-42-40-38-36-34-32-30-28-26-24-22-20-18-16-14-12-10-8-6-4-2/h5-8,11-14,17-20,23-26,30,32,36,38,42,44,48,50,54,56,60,62,75H,3-4,9-10,15-16,21-22,27-29,31,33-35,37,39-41,43,45-47,49,51-53,55,57-59,61,63-74,78H2,1-2H3,(H,81,82)/b7-5-,8-6-,13-11-,14-12-,19-17-,20-18-,25-23-,26-24-,32-30-,38-36-,44-42-,50-48-,56-54-,62-60-. The molecule has 0 aromatic carbocycles. The number of nitrogens with two attached hydrogens (primary N) is 1. The van der Waals surface area contributed by atoms with Crippen LogP contribution >= 0.6 is 7.82 Å². The molecule has 0 heterocycles. The van der Waals surface area contributed by atoms with Gasteiger partial charge in [0.2, 0.25) is 0 Å². The van der Waals surface area contributed by atoms with E-state index < -0.39 is 32.5 Å². The van der Waals surface area contributed by atoms with Crippen molar-refractivity contribution in [2.24, 2.45) is 5.73 Å². The highest BCUT2D eigenvalue weighted by molar-refractivity contribution is 7.47. The van der Waals surface area contributed by atoms with Gasteiger partial charge in [0.1, 0.15) is 6.61 Å². The third-order valence-corrected chi connectivity index (χ3v) is 15.1. The zero-order valence-electron chi connectivity index (χ0n) is 55.2. The lowest BCUT2D eigenvalue weighted by Crippen LogP contribution is -2.29. The van der Waals surface area contributed by atoms with Gasteiger partial charge in [-0.2, -0.15) is 0 Å². The molecule has 9 nitrogen and oxygen atoms in total. The molecule has 3 N–H and O–H groups in total. The minimum atomic E-state index is -4.42. The minimum Gasteiger partial charge on any atom is -0.462 e. The number of allylic oxidation sites excluding steroid dienone is 28. The number of esters is 2. The first-order valence-electron chi connectivity index (χ1n) is 34.6. The van der Waals surface area contributed by atoms with Crippen LogP contribution in [0.5, 0.6) is 0 Å². The smallest absolute Gasteiger partial charge is 0.462 e. The first-order chi connectivity index (χ1) is 42.8. The van der Waals surface area contributed by atoms with Crippen molar-refractivity contribution in [1.29, 1.82) is 0 Å². The monoisotopic (exact) mass is 1220 g/mol. The highest BCUT2D eigenvalue weighted by Crippen LogP contribution is 2.43. The first-order valence-corrected chi connectivity index (χ1v) is 36.1. The van der Waals surface area contributed by atoms with Crippen LogP contribution in [-0.2, 0) is 32.7 Å². The summed E-state index contributed by atoms with van der Waals surface area (Å²) in [6.07, 6.45) is 104. The van der Waals surface area contributed by atoms with E-state index in [9.17, 15) is 19.0 Å². The maximum Gasteiger partial charge on any atom is 0.472 e. The molecule has 0 amide bonds.